The highest BCUT2D eigenvalue weighted by Gasteiger charge is 2.14. The Morgan fingerprint density at radius 3 is 2.65 bits per heavy atom. The maximum absolute atomic E-state index is 11.5. The number of carboxylic acid groups (broad SMARTS) is 1. The van der Waals surface area contributed by atoms with Crippen molar-refractivity contribution in [3.8, 4) is 0 Å². The summed E-state index contributed by atoms with van der Waals surface area (Å²) >= 11 is 0. The maximum Gasteiger partial charge on any atom is 0.321 e. The van der Waals surface area contributed by atoms with Gasteiger partial charge in [-0.1, -0.05) is 6.92 Å². The Labute approximate surface area is 115 Å². The first-order chi connectivity index (χ1) is 9.51. The average molecular weight is 283 g/mol. The first-order valence-corrected chi connectivity index (χ1v) is 6.05. The Kier molecular flexibility index (Phi) is 6.24. The van der Waals surface area contributed by atoms with Gasteiger partial charge in [-0.25, -0.2) is 4.79 Å². The van der Waals surface area contributed by atoms with Gasteiger partial charge in [0.25, 0.3) is 0 Å². The topological polar surface area (TPSA) is 112 Å². The fourth-order valence-corrected chi connectivity index (χ4v) is 1.46. The average Bonchev–Trinajstić information content (AvgIpc) is 2.87. The van der Waals surface area contributed by atoms with Crippen molar-refractivity contribution < 1.29 is 23.9 Å². The van der Waals surface area contributed by atoms with Crippen molar-refractivity contribution in [2.24, 2.45) is 0 Å². The number of carbonyl (C=O) groups excluding carboxylic acids is 2. The zero-order chi connectivity index (χ0) is 15.0. The summed E-state index contributed by atoms with van der Waals surface area (Å²) in [5.41, 5.74) is 0. The molecule has 0 aliphatic carbocycles. The first-order valence-electron chi connectivity index (χ1n) is 6.05. The number of imide groups is 1. The molecule has 0 atom stereocenters. The number of nitrogens with one attached hydrogen (secondary N) is 2. The van der Waals surface area contributed by atoms with Crippen LogP contribution in [-0.2, 0) is 16.1 Å². The van der Waals surface area contributed by atoms with Crippen LogP contribution in [0.25, 0.3) is 0 Å². The molecule has 0 aliphatic heterocycles. The van der Waals surface area contributed by atoms with E-state index in [9.17, 15) is 14.4 Å². The number of rotatable bonds is 7. The smallest absolute Gasteiger partial charge is 0.321 e. The van der Waals surface area contributed by atoms with Crippen molar-refractivity contribution in [2.75, 3.05) is 19.6 Å². The fraction of sp³-hybridized carbons (Fsp3) is 0.417. The number of hydrogen-bond donors (Lipinski definition) is 3. The summed E-state index contributed by atoms with van der Waals surface area (Å²) in [6, 6.07) is 2.72. The molecule has 8 nitrogen and oxygen atoms in total. The van der Waals surface area contributed by atoms with Crippen molar-refractivity contribution in [3.63, 3.8) is 0 Å². The molecule has 0 radical (unpaired) electrons. The quantitative estimate of drug-likeness (QED) is 0.650. The standard InChI is InChI=1S/C12H17N3O5/c1-2-15(8-11(17)18)7-10(16)14-12(19)13-6-9-4-3-5-20-9/h3-5H,2,6-8H2,1H3,(H,17,18)(H2,13,14,16,19). The Hall–Kier alpha value is -2.35. The summed E-state index contributed by atoms with van der Waals surface area (Å²) in [5.74, 6) is -1.03. The first kappa shape index (κ1) is 15.7. The van der Waals surface area contributed by atoms with Gasteiger partial charge in [-0.2, -0.15) is 0 Å². The highest BCUT2D eigenvalue weighted by molar-refractivity contribution is 5.95. The summed E-state index contributed by atoms with van der Waals surface area (Å²) in [4.78, 5) is 34.9. The summed E-state index contributed by atoms with van der Waals surface area (Å²) in [5, 5.41) is 13.2. The molecule has 0 spiro atoms. The minimum Gasteiger partial charge on any atom is -0.480 e. The maximum atomic E-state index is 11.5. The number of aliphatic carboxylic acids is 1. The minimum atomic E-state index is -1.03. The lowest BCUT2D eigenvalue weighted by molar-refractivity contribution is -0.138. The third-order valence-electron chi connectivity index (χ3n) is 2.43. The molecule has 1 aromatic rings. The number of hydrogen-bond acceptors (Lipinski definition) is 5. The van der Waals surface area contributed by atoms with Crippen LogP contribution < -0.4 is 10.6 Å². The third kappa shape index (κ3) is 6.01. The molecule has 0 aliphatic rings. The Bertz CT molecular complexity index is 458. The van der Waals surface area contributed by atoms with E-state index in [4.69, 9.17) is 9.52 Å². The Balaban J connectivity index is 2.29. The molecule has 0 aromatic carbocycles. The molecular formula is C12H17N3O5. The minimum absolute atomic E-state index is 0.156. The van der Waals surface area contributed by atoms with Crippen molar-refractivity contribution >= 4 is 17.9 Å². The monoisotopic (exact) mass is 283 g/mol. The molecule has 1 heterocycles. The molecule has 20 heavy (non-hydrogen) atoms. The van der Waals surface area contributed by atoms with Crippen molar-refractivity contribution in [3.05, 3.63) is 24.2 Å². The van der Waals surface area contributed by atoms with E-state index in [1.54, 1.807) is 19.1 Å². The van der Waals surface area contributed by atoms with E-state index in [1.165, 1.54) is 11.2 Å². The molecule has 0 bridgehead atoms. The summed E-state index contributed by atoms with van der Waals surface area (Å²) in [6.45, 7) is 1.88. The van der Waals surface area contributed by atoms with Gasteiger partial charge in [0.1, 0.15) is 5.76 Å². The van der Waals surface area contributed by atoms with Crippen molar-refractivity contribution in [2.45, 2.75) is 13.5 Å². The fourth-order valence-electron chi connectivity index (χ4n) is 1.46. The summed E-state index contributed by atoms with van der Waals surface area (Å²) < 4.78 is 5.01. The Morgan fingerprint density at radius 2 is 2.10 bits per heavy atom. The number of likely N-dealkylation sites (N-methyl/N-ethyl adjacent to an activating group) is 1. The van der Waals surface area contributed by atoms with Crippen LogP contribution in [0.5, 0.6) is 0 Å². The van der Waals surface area contributed by atoms with Gasteiger partial charge in [-0.15, -0.1) is 0 Å². The van der Waals surface area contributed by atoms with Gasteiger partial charge in [0.05, 0.1) is 25.9 Å². The lowest BCUT2D eigenvalue weighted by Crippen LogP contribution is -2.45. The SMILES string of the molecule is CCN(CC(=O)O)CC(=O)NC(=O)NCc1ccco1. The van der Waals surface area contributed by atoms with Crippen LogP contribution in [0, 0.1) is 0 Å². The number of carbonyl (C=O) groups is 3. The van der Waals surface area contributed by atoms with Gasteiger partial charge in [-0.3, -0.25) is 19.8 Å². The van der Waals surface area contributed by atoms with Gasteiger partial charge < -0.3 is 14.8 Å². The van der Waals surface area contributed by atoms with Crippen LogP contribution in [0.3, 0.4) is 0 Å². The van der Waals surface area contributed by atoms with Crippen molar-refractivity contribution in [1.29, 1.82) is 0 Å². The second kappa shape index (κ2) is 7.95. The number of urea groups is 1. The van der Waals surface area contributed by atoms with Crippen LogP contribution in [-0.4, -0.2) is 47.5 Å². The second-order valence-electron chi connectivity index (χ2n) is 4.01. The zero-order valence-corrected chi connectivity index (χ0v) is 11.1. The molecule has 8 heteroatoms. The molecule has 3 N–H and O–H groups in total. The van der Waals surface area contributed by atoms with Gasteiger partial charge in [-0.05, 0) is 18.7 Å². The normalized spacial score (nSPS) is 10.3. The molecule has 1 rings (SSSR count). The number of carboxylic acids is 1. The molecule has 1 aromatic heterocycles. The van der Waals surface area contributed by atoms with E-state index in [2.05, 4.69) is 10.6 Å². The molecule has 3 amide bonds. The predicted molar refractivity (Wildman–Crippen MR) is 68.8 cm³/mol. The van der Waals surface area contributed by atoms with Crippen LogP contribution >= 0.6 is 0 Å². The highest BCUT2D eigenvalue weighted by atomic mass is 16.4. The van der Waals surface area contributed by atoms with Gasteiger partial charge in [0.15, 0.2) is 0 Å². The third-order valence-corrected chi connectivity index (χ3v) is 2.43. The Morgan fingerprint density at radius 1 is 1.35 bits per heavy atom. The molecule has 0 fully saturated rings. The van der Waals surface area contributed by atoms with E-state index in [0.29, 0.717) is 12.3 Å². The summed E-state index contributed by atoms with van der Waals surface area (Å²) in [7, 11) is 0. The molecule has 0 unspecified atom stereocenters. The number of nitrogens with zero attached hydrogens (tertiary/aromatic N) is 1. The largest absolute Gasteiger partial charge is 0.480 e. The highest BCUT2D eigenvalue weighted by Crippen LogP contribution is 1.98. The van der Waals surface area contributed by atoms with E-state index in [0.717, 1.165) is 0 Å². The molecule has 110 valence electrons. The molecular weight excluding hydrogens is 266 g/mol. The van der Waals surface area contributed by atoms with E-state index in [1.807, 2.05) is 0 Å². The van der Waals surface area contributed by atoms with Crippen LogP contribution in [0.4, 0.5) is 4.79 Å². The van der Waals surface area contributed by atoms with E-state index >= 15 is 0 Å². The van der Waals surface area contributed by atoms with Gasteiger partial charge >= 0.3 is 12.0 Å². The van der Waals surface area contributed by atoms with Crippen molar-refractivity contribution in [1.82, 2.24) is 15.5 Å². The lowest BCUT2D eigenvalue weighted by atomic mass is 10.4. The molecule has 0 saturated heterocycles. The molecule has 0 saturated carbocycles. The van der Waals surface area contributed by atoms with Gasteiger partial charge in [0, 0.05) is 0 Å². The number of furan rings is 1. The van der Waals surface area contributed by atoms with Crippen LogP contribution in [0.1, 0.15) is 12.7 Å². The predicted octanol–water partition coefficient (Wildman–Crippen LogP) is 0.0119. The second-order valence-corrected chi connectivity index (χ2v) is 4.01. The van der Waals surface area contributed by atoms with Gasteiger partial charge in [0.2, 0.25) is 5.91 Å². The lowest BCUT2D eigenvalue weighted by Gasteiger charge is -2.16. The van der Waals surface area contributed by atoms with E-state index < -0.39 is 17.9 Å². The van der Waals surface area contributed by atoms with Crippen LogP contribution in [0.15, 0.2) is 22.8 Å². The zero-order valence-electron chi connectivity index (χ0n) is 11.1. The van der Waals surface area contributed by atoms with Crippen LogP contribution in [0.2, 0.25) is 0 Å². The number of amides is 3. The summed E-state index contributed by atoms with van der Waals surface area (Å²) in [6.07, 6.45) is 1.48. The van der Waals surface area contributed by atoms with E-state index in [-0.39, 0.29) is 19.6 Å².